The van der Waals surface area contributed by atoms with Crippen LogP contribution in [-0.2, 0) is 22.6 Å². The van der Waals surface area contributed by atoms with Gasteiger partial charge in [0, 0.05) is 0 Å². The maximum atomic E-state index is 13.7. The predicted molar refractivity (Wildman–Crippen MR) is 118 cm³/mol. The summed E-state index contributed by atoms with van der Waals surface area (Å²) in [6.45, 7) is 1.73. The van der Waals surface area contributed by atoms with Gasteiger partial charge < -0.3 is 9.52 Å². The number of halogens is 3. The van der Waals surface area contributed by atoms with Gasteiger partial charge in [0.15, 0.2) is 12.0 Å². The summed E-state index contributed by atoms with van der Waals surface area (Å²) in [6.07, 6.45) is -3.06. The van der Waals surface area contributed by atoms with E-state index in [0.29, 0.717) is 23.1 Å². The Labute approximate surface area is 192 Å². The smallest absolute Gasteiger partial charge is 0.416 e. The van der Waals surface area contributed by atoms with Crippen LogP contribution in [0.1, 0.15) is 28.4 Å². The summed E-state index contributed by atoms with van der Waals surface area (Å²) in [6, 6.07) is 11.6. The number of rotatable bonds is 6. The number of nitrogens with zero attached hydrogens (tertiary/aromatic N) is 2. The van der Waals surface area contributed by atoms with Crippen LogP contribution in [0.3, 0.4) is 0 Å². The average Bonchev–Trinajstić information content (AvgIpc) is 3.26. The predicted octanol–water partition coefficient (Wildman–Crippen LogP) is 5.63. The van der Waals surface area contributed by atoms with Crippen molar-refractivity contribution in [1.82, 2.24) is 4.98 Å². The van der Waals surface area contributed by atoms with E-state index < -0.39 is 27.7 Å². The minimum Gasteiger partial charge on any atom is -0.478 e. The molecule has 1 N–H and O–H groups in total. The Kier molecular flexibility index (Phi) is 5.82. The number of benzene rings is 3. The molecule has 0 atom stereocenters. The quantitative estimate of drug-likeness (QED) is 0.376. The van der Waals surface area contributed by atoms with Crippen LogP contribution in [0, 0.1) is 0 Å². The number of hydrogen-bond acceptors (Lipinski definition) is 5. The van der Waals surface area contributed by atoms with E-state index in [2.05, 4.69) is 4.98 Å². The Balaban J connectivity index is 1.92. The van der Waals surface area contributed by atoms with Gasteiger partial charge in [0.1, 0.15) is 5.52 Å². The van der Waals surface area contributed by atoms with Crippen molar-refractivity contribution in [3.8, 4) is 0 Å². The van der Waals surface area contributed by atoms with E-state index >= 15 is 0 Å². The number of carboxylic acid groups (broad SMARTS) is 1. The van der Waals surface area contributed by atoms with Crippen molar-refractivity contribution in [1.29, 1.82) is 0 Å². The fraction of sp³-hybridized carbons (Fsp3) is 0.130. The highest BCUT2D eigenvalue weighted by Gasteiger charge is 2.32. The molecule has 3 aromatic carbocycles. The number of carboxylic acids is 1. The summed E-state index contributed by atoms with van der Waals surface area (Å²) in [4.78, 5) is 15.4. The molecule has 4 rings (SSSR count). The number of aryl methyl sites for hydroxylation is 1. The first-order valence-corrected chi connectivity index (χ1v) is 11.4. The second kappa shape index (κ2) is 8.49. The number of hydrogen-bond donors (Lipinski definition) is 1. The van der Waals surface area contributed by atoms with Gasteiger partial charge in [-0.3, -0.25) is 0 Å². The number of oxazole rings is 1. The normalized spacial score (nSPS) is 12.1. The molecular formula is C23H17F3N2O5S. The molecule has 0 fully saturated rings. The molecule has 4 aromatic rings. The highest BCUT2D eigenvalue weighted by atomic mass is 32.2. The minimum atomic E-state index is -4.60. The first-order chi connectivity index (χ1) is 16.0. The molecule has 0 spiro atoms. The van der Waals surface area contributed by atoms with Crippen LogP contribution in [0.25, 0.3) is 11.1 Å². The van der Waals surface area contributed by atoms with Crippen molar-refractivity contribution < 1.29 is 35.9 Å². The fourth-order valence-electron chi connectivity index (χ4n) is 3.51. The van der Waals surface area contributed by atoms with Crippen LogP contribution in [0.4, 0.5) is 24.5 Å². The van der Waals surface area contributed by atoms with E-state index in [4.69, 9.17) is 4.42 Å². The molecule has 1 aromatic heterocycles. The third-order valence-electron chi connectivity index (χ3n) is 5.21. The van der Waals surface area contributed by atoms with Gasteiger partial charge in [-0.15, -0.1) is 0 Å². The summed E-state index contributed by atoms with van der Waals surface area (Å²) in [5, 5.41) is 9.53. The minimum absolute atomic E-state index is 0.0766. The van der Waals surface area contributed by atoms with E-state index in [-0.39, 0.29) is 21.8 Å². The third-order valence-corrected chi connectivity index (χ3v) is 6.96. The van der Waals surface area contributed by atoms with Crippen LogP contribution in [0.2, 0.25) is 0 Å². The zero-order chi connectivity index (χ0) is 24.7. The van der Waals surface area contributed by atoms with E-state index in [1.54, 1.807) is 6.92 Å². The molecule has 0 aliphatic heterocycles. The lowest BCUT2D eigenvalue weighted by Crippen LogP contribution is -2.27. The van der Waals surface area contributed by atoms with Crippen molar-refractivity contribution in [3.05, 3.63) is 83.7 Å². The van der Waals surface area contributed by atoms with Crippen molar-refractivity contribution in [3.63, 3.8) is 0 Å². The monoisotopic (exact) mass is 490 g/mol. The molecule has 176 valence electrons. The molecule has 11 heteroatoms. The number of alkyl halides is 3. The molecule has 0 radical (unpaired) electrons. The van der Waals surface area contributed by atoms with Gasteiger partial charge in [-0.25, -0.2) is 22.5 Å². The van der Waals surface area contributed by atoms with E-state index in [1.807, 2.05) is 0 Å². The lowest BCUT2D eigenvalue weighted by Gasteiger charge is -2.25. The Morgan fingerprint density at radius 1 is 1.03 bits per heavy atom. The van der Waals surface area contributed by atoms with Gasteiger partial charge in [-0.2, -0.15) is 13.2 Å². The van der Waals surface area contributed by atoms with Gasteiger partial charge in [0.05, 0.1) is 27.4 Å². The van der Waals surface area contributed by atoms with Crippen molar-refractivity contribution in [2.45, 2.75) is 24.4 Å². The highest BCUT2D eigenvalue weighted by Crippen LogP contribution is 2.37. The molecule has 0 unspecified atom stereocenters. The number of carbonyl (C=O) groups is 1. The van der Waals surface area contributed by atoms with Gasteiger partial charge in [0.25, 0.3) is 10.0 Å². The standard InChI is InChI=1S/C23H17F3N2O5S/c1-2-14-3-9-18(12-19(14)22(29)30)34(31,32)28(16-6-4-15(5-7-16)23(24,25)26)17-8-10-21-20(11-17)27-13-33-21/h3-13H,2H2,1H3,(H,29,30). The molecule has 34 heavy (non-hydrogen) atoms. The Morgan fingerprint density at radius 2 is 1.71 bits per heavy atom. The molecule has 0 saturated carbocycles. The first kappa shape index (κ1) is 23.3. The summed E-state index contributed by atoms with van der Waals surface area (Å²) >= 11 is 0. The molecule has 0 bridgehead atoms. The number of anilines is 2. The fourth-order valence-corrected chi connectivity index (χ4v) is 5.02. The summed E-state index contributed by atoms with van der Waals surface area (Å²) < 4.78 is 72.7. The van der Waals surface area contributed by atoms with Crippen LogP contribution < -0.4 is 4.31 Å². The maximum absolute atomic E-state index is 13.7. The van der Waals surface area contributed by atoms with Crippen LogP contribution in [-0.4, -0.2) is 24.5 Å². The Hall–Kier alpha value is -3.86. The second-order valence-corrected chi connectivity index (χ2v) is 9.08. The molecule has 0 saturated heterocycles. The Bertz CT molecular complexity index is 1480. The number of sulfonamides is 1. The van der Waals surface area contributed by atoms with Crippen molar-refractivity contribution in [2.75, 3.05) is 4.31 Å². The number of aromatic nitrogens is 1. The van der Waals surface area contributed by atoms with Crippen LogP contribution >= 0.6 is 0 Å². The topological polar surface area (TPSA) is 101 Å². The largest absolute Gasteiger partial charge is 0.478 e. The van der Waals surface area contributed by atoms with E-state index in [1.165, 1.54) is 36.7 Å². The van der Waals surface area contributed by atoms with Gasteiger partial charge >= 0.3 is 12.1 Å². The lowest BCUT2D eigenvalue weighted by atomic mass is 10.1. The zero-order valence-electron chi connectivity index (χ0n) is 17.6. The highest BCUT2D eigenvalue weighted by molar-refractivity contribution is 7.93. The first-order valence-electron chi connectivity index (χ1n) is 9.94. The van der Waals surface area contributed by atoms with Gasteiger partial charge in [-0.1, -0.05) is 13.0 Å². The van der Waals surface area contributed by atoms with E-state index in [9.17, 15) is 31.5 Å². The molecule has 1 heterocycles. The SMILES string of the molecule is CCc1ccc(S(=O)(=O)N(c2ccc(C(F)(F)F)cc2)c2ccc3ocnc3c2)cc1C(=O)O. The number of fused-ring (bicyclic) bond motifs is 1. The van der Waals surface area contributed by atoms with Crippen LogP contribution in [0.5, 0.6) is 0 Å². The Morgan fingerprint density at radius 3 is 2.32 bits per heavy atom. The molecule has 0 amide bonds. The summed E-state index contributed by atoms with van der Waals surface area (Å²) in [7, 11) is -4.46. The molecule has 0 aliphatic carbocycles. The zero-order valence-corrected chi connectivity index (χ0v) is 18.4. The number of aromatic carboxylic acids is 1. The van der Waals surface area contributed by atoms with E-state index in [0.717, 1.165) is 34.6 Å². The van der Waals surface area contributed by atoms with Gasteiger partial charge in [0.2, 0.25) is 0 Å². The average molecular weight is 490 g/mol. The lowest BCUT2D eigenvalue weighted by molar-refractivity contribution is -0.137. The molecule has 7 nitrogen and oxygen atoms in total. The molecular weight excluding hydrogens is 473 g/mol. The van der Waals surface area contributed by atoms with Crippen molar-refractivity contribution in [2.24, 2.45) is 0 Å². The second-order valence-electron chi connectivity index (χ2n) is 7.30. The third kappa shape index (κ3) is 4.21. The van der Waals surface area contributed by atoms with Crippen molar-refractivity contribution >= 4 is 38.5 Å². The summed E-state index contributed by atoms with van der Waals surface area (Å²) in [5.74, 6) is -1.29. The van der Waals surface area contributed by atoms with Gasteiger partial charge in [-0.05, 0) is 66.6 Å². The maximum Gasteiger partial charge on any atom is 0.416 e. The molecule has 0 aliphatic rings. The summed E-state index contributed by atoms with van der Waals surface area (Å²) in [5.41, 5.74) is 0.0384. The van der Waals surface area contributed by atoms with Crippen LogP contribution in [0.15, 0.2) is 76.4 Å².